The molecule has 0 bridgehead atoms. The van der Waals surface area contributed by atoms with E-state index >= 15 is 0 Å². The fourth-order valence-corrected chi connectivity index (χ4v) is 6.02. The summed E-state index contributed by atoms with van der Waals surface area (Å²) in [6, 6.07) is 8.24. The fourth-order valence-electron chi connectivity index (χ4n) is 3.40. The maximum Gasteiger partial charge on any atom is 0.416 e. The van der Waals surface area contributed by atoms with Gasteiger partial charge in [0.15, 0.2) is 0 Å². The summed E-state index contributed by atoms with van der Waals surface area (Å²) in [7, 11) is -3.66. The van der Waals surface area contributed by atoms with Crippen LogP contribution in [0.5, 0.6) is 0 Å². The van der Waals surface area contributed by atoms with Crippen molar-refractivity contribution in [2.75, 3.05) is 13.1 Å². The highest BCUT2D eigenvalue weighted by Gasteiger charge is 2.31. The predicted octanol–water partition coefficient (Wildman–Crippen LogP) is 3.35. The molecule has 2 heterocycles. The predicted molar refractivity (Wildman–Crippen MR) is 112 cm³/mol. The number of carbonyl (C=O) groups excluding carboxylic acids is 1. The maximum absolute atomic E-state index is 12.9. The summed E-state index contributed by atoms with van der Waals surface area (Å²) in [5, 5.41) is 2.63. The first kappa shape index (κ1) is 23.7. The number of thiophene rings is 1. The smallest absolute Gasteiger partial charge is 0.351 e. The van der Waals surface area contributed by atoms with E-state index in [4.69, 9.17) is 0 Å². The third kappa shape index (κ3) is 6.76. The van der Waals surface area contributed by atoms with Gasteiger partial charge in [0.05, 0.1) is 12.1 Å². The van der Waals surface area contributed by atoms with Gasteiger partial charge in [0.1, 0.15) is 4.21 Å². The van der Waals surface area contributed by atoms with E-state index < -0.39 is 21.8 Å². The van der Waals surface area contributed by atoms with Gasteiger partial charge in [0.2, 0.25) is 15.9 Å². The third-order valence-electron chi connectivity index (χ3n) is 4.98. The molecule has 1 amide bonds. The Morgan fingerprint density at radius 3 is 2.55 bits per heavy atom. The molecule has 1 aromatic heterocycles. The van der Waals surface area contributed by atoms with Crippen LogP contribution in [0, 0.1) is 0 Å². The number of hydrogen-bond donors (Lipinski definition) is 2. The molecule has 3 rings (SSSR count). The normalized spacial score (nSPS) is 16.4. The van der Waals surface area contributed by atoms with Crippen molar-refractivity contribution in [3.05, 3.63) is 52.4 Å². The second kappa shape index (κ2) is 9.68. The molecule has 6 nitrogen and oxygen atoms in total. The van der Waals surface area contributed by atoms with Crippen LogP contribution in [0.2, 0.25) is 0 Å². The lowest BCUT2D eigenvalue weighted by atomic mass is 10.0. The van der Waals surface area contributed by atoms with E-state index in [9.17, 15) is 26.4 Å². The van der Waals surface area contributed by atoms with Gasteiger partial charge in [0, 0.05) is 37.5 Å². The summed E-state index contributed by atoms with van der Waals surface area (Å²) in [6.45, 7) is 3.24. The van der Waals surface area contributed by atoms with Crippen molar-refractivity contribution in [3.63, 3.8) is 0 Å². The zero-order valence-corrected chi connectivity index (χ0v) is 18.5. The standard InChI is InChI=1S/C20H24F3N3O3S2/c1-14(27)24-12-18-5-6-19(30-18)31(28,29)25-17-7-9-26(10-8-17)13-15-3-2-4-16(11-15)20(21,22)23/h2-6,11,17,25H,7-10,12-13H2,1H3,(H,24,27). The van der Waals surface area contributed by atoms with Crippen molar-refractivity contribution in [1.29, 1.82) is 0 Å². The number of amides is 1. The quantitative estimate of drug-likeness (QED) is 0.644. The van der Waals surface area contributed by atoms with Crippen molar-refractivity contribution >= 4 is 27.3 Å². The molecular weight excluding hydrogens is 451 g/mol. The average molecular weight is 476 g/mol. The Labute approximate surface area is 183 Å². The lowest BCUT2D eigenvalue weighted by Gasteiger charge is -2.32. The Morgan fingerprint density at radius 1 is 1.19 bits per heavy atom. The van der Waals surface area contributed by atoms with Crippen LogP contribution in [-0.4, -0.2) is 38.4 Å². The van der Waals surface area contributed by atoms with Crippen molar-refractivity contribution in [3.8, 4) is 0 Å². The van der Waals surface area contributed by atoms with E-state index in [1.54, 1.807) is 12.1 Å². The van der Waals surface area contributed by atoms with E-state index in [1.165, 1.54) is 19.1 Å². The number of nitrogens with zero attached hydrogens (tertiary/aromatic N) is 1. The van der Waals surface area contributed by atoms with Gasteiger partial charge in [-0.2, -0.15) is 13.2 Å². The van der Waals surface area contributed by atoms with Crippen LogP contribution in [0.15, 0.2) is 40.6 Å². The first-order valence-corrected chi connectivity index (χ1v) is 12.1. The minimum atomic E-state index is -4.37. The molecule has 2 N–H and O–H groups in total. The number of halogens is 3. The van der Waals surface area contributed by atoms with Crippen LogP contribution in [-0.2, 0) is 34.1 Å². The van der Waals surface area contributed by atoms with Crippen LogP contribution in [0.25, 0.3) is 0 Å². The molecule has 1 aliphatic heterocycles. The summed E-state index contributed by atoms with van der Waals surface area (Å²) in [4.78, 5) is 13.8. The second-order valence-electron chi connectivity index (χ2n) is 7.50. The lowest BCUT2D eigenvalue weighted by Crippen LogP contribution is -2.44. The maximum atomic E-state index is 12.9. The number of piperidine rings is 1. The number of likely N-dealkylation sites (tertiary alicyclic amines) is 1. The molecule has 1 fully saturated rings. The summed E-state index contributed by atoms with van der Waals surface area (Å²) < 4.78 is 66.8. The number of rotatable bonds is 7. The van der Waals surface area contributed by atoms with E-state index in [0.29, 0.717) is 38.0 Å². The molecule has 0 atom stereocenters. The Balaban J connectivity index is 1.52. The van der Waals surface area contributed by atoms with Gasteiger partial charge in [-0.25, -0.2) is 13.1 Å². The number of benzene rings is 1. The van der Waals surface area contributed by atoms with Crippen molar-refractivity contribution < 1.29 is 26.4 Å². The van der Waals surface area contributed by atoms with Crippen LogP contribution in [0.3, 0.4) is 0 Å². The minimum absolute atomic E-state index is 0.187. The first-order chi connectivity index (χ1) is 14.5. The van der Waals surface area contributed by atoms with E-state index in [2.05, 4.69) is 10.0 Å². The van der Waals surface area contributed by atoms with E-state index in [0.717, 1.165) is 28.3 Å². The molecule has 1 aliphatic rings. The number of hydrogen-bond acceptors (Lipinski definition) is 5. The molecular formula is C20H24F3N3O3S2. The molecule has 0 radical (unpaired) electrons. The largest absolute Gasteiger partial charge is 0.416 e. The fraction of sp³-hybridized carbons (Fsp3) is 0.450. The number of alkyl halides is 3. The summed E-state index contributed by atoms with van der Waals surface area (Å²) in [6.07, 6.45) is -3.23. The number of carbonyl (C=O) groups is 1. The Hall–Kier alpha value is -1.95. The van der Waals surface area contributed by atoms with E-state index in [-0.39, 0.29) is 22.7 Å². The lowest BCUT2D eigenvalue weighted by molar-refractivity contribution is -0.137. The van der Waals surface area contributed by atoms with E-state index in [1.807, 2.05) is 4.90 Å². The molecule has 1 saturated heterocycles. The molecule has 170 valence electrons. The zero-order chi connectivity index (χ0) is 22.6. The van der Waals surface area contributed by atoms with Gasteiger partial charge in [-0.3, -0.25) is 9.69 Å². The summed E-state index contributed by atoms with van der Waals surface area (Å²) in [5.41, 5.74) is -0.0828. The van der Waals surface area contributed by atoms with Crippen LogP contribution in [0.4, 0.5) is 13.2 Å². The Morgan fingerprint density at radius 2 is 1.90 bits per heavy atom. The number of nitrogens with one attached hydrogen (secondary N) is 2. The molecule has 0 aliphatic carbocycles. The van der Waals surface area contributed by atoms with Gasteiger partial charge >= 0.3 is 6.18 Å². The average Bonchev–Trinajstić information content (AvgIpc) is 3.17. The highest BCUT2D eigenvalue weighted by atomic mass is 32.2. The Kier molecular flexibility index (Phi) is 7.40. The molecule has 11 heteroatoms. The van der Waals surface area contributed by atoms with Crippen molar-refractivity contribution in [2.45, 2.75) is 49.3 Å². The van der Waals surface area contributed by atoms with Crippen LogP contribution < -0.4 is 10.0 Å². The van der Waals surface area contributed by atoms with Crippen LogP contribution in [0.1, 0.15) is 35.8 Å². The van der Waals surface area contributed by atoms with Gasteiger partial charge < -0.3 is 5.32 Å². The highest BCUT2D eigenvalue weighted by Crippen LogP contribution is 2.30. The van der Waals surface area contributed by atoms with Gasteiger partial charge in [-0.15, -0.1) is 11.3 Å². The van der Waals surface area contributed by atoms with Crippen molar-refractivity contribution in [1.82, 2.24) is 14.9 Å². The SMILES string of the molecule is CC(=O)NCc1ccc(S(=O)(=O)NC2CCN(Cc3cccc(C(F)(F)F)c3)CC2)s1. The summed E-state index contributed by atoms with van der Waals surface area (Å²) >= 11 is 1.11. The van der Waals surface area contributed by atoms with Crippen molar-refractivity contribution in [2.24, 2.45) is 0 Å². The van der Waals surface area contributed by atoms with Gasteiger partial charge in [-0.1, -0.05) is 18.2 Å². The molecule has 2 aromatic rings. The first-order valence-electron chi connectivity index (χ1n) is 9.77. The Bertz CT molecular complexity index is 1010. The minimum Gasteiger partial charge on any atom is -0.351 e. The monoisotopic (exact) mass is 475 g/mol. The van der Waals surface area contributed by atoms with Gasteiger partial charge in [-0.05, 0) is 36.6 Å². The summed E-state index contributed by atoms with van der Waals surface area (Å²) in [5.74, 6) is -0.187. The topological polar surface area (TPSA) is 78.5 Å². The molecule has 31 heavy (non-hydrogen) atoms. The molecule has 0 spiro atoms. The molecule has 0 unspecified atom stereocenters. The second-order valence-corrected chi connectivity index (χ2v) is 10.6. The zero-order valence-electron chi connectivity index (χ0n) is 16.9. The van der Waals surface area contributed by atoms with Gasteiger partial charge in [0.25, 0.3) is 0 Å². The highest BCUT2D eigenvalue weighted by molar-refractivity contribution is 7.91. The number of sulfonamides is 1. The third-order valence-corrected chi connectivity index (χ3v) is 8.08. The van der Waals surface area contributed by atoms with Crippen LogP contribution >= 0.6 is 11.3 Å². The molecule has 0 saturated carbocycles. The molecule has 1 aromatic carbocycles.